The standard InChI is InChI=1S/C34H44N4O4/c1-21-14-22(2)16-26(15-21)30-29(23(3)18-35-11-8-24-6-7-27-28(17-24)42-20-41-27)33(37-36-30)40-19-34(4,5)32(39)31-25-9-12-38(31)13-10-25/h6-7,14-17,23,25,31,35H,8-13,18-20H2,1-5H3,(H,36,37)/t23-,31?/m1/s1. The summed E-state index contributed by atoms with van der Waals surface area (Å²) in [7, 11) is 0. The number of aromatic amines is 1. The van der Waals surface area contributed by atoms with Crippen LogP contribution in [0, 0.1) is 25.2 Å². The molecular weight excluding hydrogens is 528 g/mol. The highest BCUT2D eigenvalue weighted by atomic mass is 16.7. The first-order valence-corrected chi connectivity index (χ1v) is 15.4. The maximum absolute atomic E-state index is 13.6. The average molecular weight is 573 g/mol. The van der Waals surface area contributed by atoms with E-state index < -0.39 is 5.41 Å². The molecule has 3 aromatic rings. The summed E-state index contributed by atoms with van der Waals surface area (Å²) < 4.78 is 17.4. The summed E-state index contributed by atoms with van der Waals surface area (Å²) in [4.78, 5) is 16.0. The lowest BCUT2D eigenvalue weighted by molar-refractivity contribution is -0.133. The van der Waals surface area contributed by atoms with Crippen LogP contribution in [0.25, 0.3) is 11.3 Å². The highest BCUT2D eigenvalue weighted by Crippen LogP contribution is 2.40. The van der Waals surface area contributed by atoms with Crippen LogP contribution in [0.2, 0.25) is 0 Å². The Balaban J connectivity index is 1.16. The van der Waals surface area contributed by atoms with Gasteiger partial charge in [-0.2, -0.15) is 0 Å². The van der Waals surface area contributed by atoms with Crippen molar-refractivity contribution in [1.82, 2.24) is 20.4 Å². The van der Waals surface area contributed by atoms with Crippen LogP contribution < -0.4 is 19.5 Å². The summed E-state index contributed by atoms with van der Waals surface area (Å²) in [5, 5.41) is 11.6. The van der Waals surface area contributed by atoms with Crippen LogP contribution in [-0.2, 0) is 11.2 Å². The van der Waals surface area contributed by atoms with Crippen LogP contribution in [0.3, 0.4) is 0 Å². The first-order valence-electron chi connectivity index (χ1n) is 15.4. The molecule has 2 fully saturated rings. The highest BCUT2D eigenvalue weighted by molar-refractivity contribution is 5.90. The number of rotatable bonds is 12. The molecule has 2 atom stereocenters. The monoisotopic (exact) mass is 572 g/mol. The number of fused-ring (bicyclic) bond motifs is 3. The number of ketones is 1. The van der Waals surface area contributed by atoms with E-state index >= 15 is 0 Å². The van der Waals surface area contributed by atoms with Crippen LogP contribution in [0.15, 0.2) is 36.4 Å². The topological polar surface area (TPSA) is 88.7 Å². The molecule has 0 radical (unpaired) electrons. The number of nitrogens with zero attached hydrogens (tertiary/aromatic N) is 2. The molecule has 1 aromatic heterocycles. The summed E-state index contributed by atoms with van der Waals surface area (Å²) in [6, 6.07) is 12.7. The van der Waals surface area contributed by atoms with Gasteiger partial charge in [0.1, 0.15) is 6.61 Å². The van der Waals surface area contributed by atoms with E-state index in [1.807, 2.05) is 19.9 Å². The Morgan fingerprint density at radius 1 is 1.12 bits per heavy atom. The smallest absolute Gasteiger partial charge is 0.236 e. The van der Waals surface area contributed by atoms with E-state index in [9.17, 15) is 4.79 Å². The zero-order chi connectivity index (χ0) is 29.4. The minimum Gasteiger partial charge on any atom is -0.475 e. The number of nitrogens with one attached hydrogen (secondary N) is 2. The van der Waals surface area contributed by atoms with Gasteiger partial charge in [0.25, 0.3) is 0 Å². The Bertz CT molecular complexity index is 1410. The molecule has 8 nitrogen and oxygen atoms in total. The fourth-order valence-corrected chi connectivity index (χ4v) is 6.90. The number of hydrogen-bond acceptors (Lipinski definition) is 7. The molecule has 2 aromatic carbocycles. The zero-order valence-electron chi connectivity index (χ0n) is 25.6. The van der Waals surface area contributed by atoms with Gasteiger partial charge in [-0.05, 0) is 102 Å². The molecule has 0 saturated carbocycles. The number of aryl methyl sites for hydroxylation is 2. The van der Waals surface area contributed by atoms with Crippen molar-refractivity contribution in [1.29, 1.82) is 0 Å². The van der Waals surface area contributed by atoms with Gasteiger partial charge < -0.3 is 19.5 Å². The third-order valence-corrected chi connectivity index (χ3v) is 9.17. The van der Waals surface area contributed by atoms with Crippen LogP contribution in [-0.4, -0.2) is 66.5 Å². The molecular formula is C34H44N4O4. The fraction of sp³-hybridized carbons (Fsp3) is 0.529. The number of H-pyrrole nitrogens is 1. The van der Waals surface area contributed by atoms with E-state index in [4.69, 9.17) is 14.2 Å². The van der Waals surface area contributed by atoms with Crippen molar-refractivity contribution in [2.45, 2.75) is 65.8 Å². The minimum atomic E-state index is -0.599. The molecule has 0 aliphatic carbocycles. The molecule has 1 unspecified atom stereocenters. The molecule has 2 N–H and O–H groups in total. The number of benzene rings is 2. The van der Waals surface area contributed by atoms with E-state index in [0.717, 1.165) is 73.8 Å². The lowest BCUT2D eigenvalue weighted by Gasteiger charge is -2.29. The van der Waals surface area contributed by atoms with E-state index in [2.05, 4.69) is 71.5 Å². The third kappa shape index (κ3) is 5.79. The highest BCUT2D eigenvalue weighted by Gasteiger charge is 2.48. The van der Waals surface area contributed by atoms with Gasteiger partial charge in [-0.3, -0.25) is 14.8 Å². The second-order valence-corrected chi connectivity index (χ2v) is 13.1. The lowest BCUT2D eigenvalue weighted by atomic mass is 9.81. The zero-order valence-corrected chi connectivity index (χ0v) is 25.6. The Morgan fingerprint density at radius 3 is 2.57 bits per heavy atom. The SMILES string of the molecule is Cc1cc(C)cc(-c2[nH]nc(OCC(C)(C)C(=O)C3C4CCN3CC4)c2[C@H](C)CNCCc2ccc3c(c2)OCO3)c1. The molecule has 42 heavy (non-hydrogen) atoms. The Labute approximate surface area is 249 Å². The molecule has 2 bridgehead atoms. The predicted molar refractivity (Wildman–Crippen MR) is 163 cm³/mol. The first kappa shape index (κ1) is 28.7. The maximum Gasteiger partial charge on any atom is 0.236 e. The van der Waals surface area contributed by atoms with Crippen molar-refractivity contribution in [2.75, 3.05) is 39.6 Å². The second kappa shape index (κ2) is 11.7. The fourth-order valence-electron chi connectivity index (χ4n) is 6.90. The van der Waals surface area contributed by atoms with Gasteiger partial charge >= 0.3 is 0 Å². The van der Waals surface area contributed by atoms with E-state index in [0.29, 0.717) is 24.2 Å². The van der Waals surface area contributed by atoms with Crippen LogP contribution >= 0.6 is 0 Å². The van der Waals surface area contributed by atoms with E-state index in [1.165, 1.54) is 16.7 Å². The van der Waals surface area contributed by atoms with Crippen LogP contribution in [0.5, 0.6) is 17.4 Å². The van der Waals surface area contributed by atoms with Crippen molar-refractivity contribution in [3.63, 3.8) is 0 Å². The summed E-state index contributed by atoms with van der Waals surface area (Å²) in [6.07, 6.45) is 3.15. The number of carbonyl (C=O) groups excluding carboxylic acids is 1. The summed E-state index contributed by atoms with van der Waals surface area (Å²) in [6.45, 7) is 14.7. The van der Waals surface area contributed by atoms with Crippen molar-refractivity contribution in [2.24, 2.45) is 11.3 Å². The summed E-state index contributed by atoms with van der Waals surface area (Å²) in [5.41, 5.74) is 6.14. The van der Waals surface area contributed by atoms with Crippen molar-refractivity contribution in [3.8, 4) is 28.6 Å². The molecule has 0 amide bonds. The summed E-state index contributed by atoms with van der Waals surface area (Å²) in [5.74, 6) is 3.14. The van der Waals surface area contributed by atoms with E-state index in [1.54, 1.807) is 0 Å². The number of ether oxygens (including phenoxy) is 3. The third-order valence-electron chi connectivity index (χ3n) is 9.17. The first-order chi connectivity index (χ1) is 20.2. The largest absolute Gasteiger partial charge is 0.475 e. The molecule has 0 spiro atoms. The Hall–Kier alpha value is -3.36. The Morgan fingerprint density at radius 2 is 1.86 bits per heavy atom. The van der Waals surface area contributed by atoms with Gasteiger partial charge in [0, 0.05) is 23.6 Å². The van der Waals surface area contributed by atoms with Crippen molar-refractivity contribution in [3.05, 3.63) is 58.7 Å². The summed E-state index contributed by atoms with van der Waals surface area (Å²) >= 11 is 0. The second-order valence-electron chi connectivity index (χ2n) is 13.1. The van der Waals surface area contributed by atoms with Gasteiger partial charge in [0.05, 0.1) is 17.2 Å². The number of carbonyl (C=O) groups is 1. The van der Waals surface area contributed by atoms with Gasteiger partial charge in [-0.25, -0.2) is 0 Å². The maximum atomic E-state index is 13.6. The number of piperidine rings is 1. The molecule has 8 heteroatoms. The molecule has 3 aliphatic heterocycles. The molecule has 4 heterocycles. The van der Waals surface area contributed by atoms with Gasteiger partial charge in [-0.1, -0.05) is 30.2 Å². The molecule has 2 saturated heterocycles. The molecule has 6 rings (SSSR count). The van der Waals surface area contributed by atoms with Gasteiger partial charge in [-0.15, -0.1) is 5.10 Å². The number of aromatic nitrogens is 2. The van der Waals surface area contributed by atoms with Crippen molar-refractivity contribution < 1.29 is 19.0 Å². The molecule has 224 valence electrons. The Kier molecular flexibility index (Phi) is 8.03. The number of hydrogen-bond donors (Lipinski definition) is 2. The number of Topliss-reactive ketones (excluding diaryl/α,β-unsaturated/α-hetero) is 1. The lowest BCUT2D eigenvalue weighted by Crippen LogP contribution is -2.44. The predicted octanol–water partition coefficient (Wildman–Crippen LogP) is 5.43. The van der Waals surface area contributed by atoms with Crippen LogP contribution in [0.1, 0.15) is 61.8 Å². The quantitative estimate of drug-likeness (QED) is 0.280. The van der Waals surface area contributed by atoms with E-state index in [-0.39, 0.29) is 18.8 Å². The van der Waals surface area contributed by atoms with Crippen molar-refractivity contribution >= 4 is 5.78 Å². The average Bonchev–Trinajstić information content (AvgIpc) is 3.76. The molecule has 3 aliphatic rings. The van der Waals surface area contributed by atoms with Crippen LogP contribution in [0.4, 0.5) is 0 Å². The van der Waals surface area contributed by atoms with Gasteiger partial charge in [0.15, 0.2) is 17.3 Å². The normalized spacial score (nSPS) is 21.6. The van der Waals surface area contributed by atoms with Gasteiger partial charge in [0.2, 0.25) is 12.7 Å². The minimum absolute atomic E-state index is 0.0426.